The quantitative estimate of drug-likeness (QED) is 0.428. The van der Waals surface area contributed by atoms with Crippen molar-refractivity contribution in [3.63, 3.8) is 0 Å². The average molecular weight is 138 g/mol. The van der Waals surface area contributed by atoms with E-state index in [0.29, 0.717) is 11.5 Å². The first-order valence-electron chi connectivity index (χ1n) is 4.07. The van der Waals surface area contributed by atoms with Crippen LogP contribution in [0.25, 0.3) is 0 Å². The first-order valence-corrected chi connectivity index (χ1v) is 4.07. The van der Waals surface area contributed by atoms with Gasteiger partial charge in [0.1, 0.15) is 0 Å². The molecule has 1 aliphatic carbocycles. The van der Waals surface area contributed by atoms with E-state index < -0.39 is 0 Å². The minimum absolute atomic E-state index is 0.613. The highest BCUT2D eigenvalue weighted by atomic mass is 16.6. The van der Waals surface area contributed by atoms with Gasteiger partial charge in [-0.05, 0) is 31.1 Å². The van der Waals surface area contributed by atoms with Gasteiger partial charge in [-0.25, -0.2) is 0 Å². The topological polar surface area (TPSA) is 12.5 Å². The van der Waals surface area contributed by atoms with Gasteiger partial charge in [0, 0.05) is 0 Å². The lowest BCUT2D eigenvalue weighted by Gasteiger charge is -2.08. The van der Waals surface area contributed by atoms with Crippen LogP contribution in [0.4, 0.5) is 0 Å². The van der Waals surface area contributed by atoms with Gasteiger partial charge in [0.2, 0.25) is 0 Å². The van der Waals surface area contributed by atoms with E-state index in [-0.39, 0.29) is 0 Å². The molecule has 0 aromatic rings. The lowest BCUT2D eigenvalue weighted by atomic mass is 9.96. The molecule has 0 N–H and O–H groups in total. The third-order valence-corrected chi connectivity index (χ3v) is 2.60. The lowest BCUT2D eigenvalue weighted by molar-refractivity contribution is 0.341. The Balaban J connectivity index is 1.81. The highest BCUT2D eigenvalue weighted by molar-refractivity contribution is 5.00. The molecule has 0 radical (unpaired) electrons. The van der Waals surface area contributed by atoms with Crippen molar-refractivity contribution in [3.05, 3.63) is 12.7 Å². The molecule has 0 aromatic carbocycles. The van der Waals surface area contributed by atoms with Crippen molar-refractivity contribution >= 4 is 0 Å². The van der Waals surface area contributed by atoms with Crippen molar-refractivity contribution in [1.82, 2.24) is 0 Å². The Morgan fingerprint density at radius 3 is 2.70 bits per heavy atom. The van der Waals surface area contributed by atoms with E-state index in [4.69, 9.17) is 4.74 Å². The second-order valence-corrected chi connectivity index (χ2v) is 3.65. The fraction of sp³-hybridized carbons (Fsp3) is 0.778. The van der Waals surface area contributed by atoms with Gasteiger partial charge in [-0.3, -0.25) is 0 Å². The van der Waals surface area contributed by atoms with Crippen molar-refractivity contribution in [3.8, 4) is 0 Å². The van der Waals surface area contributed by atoms with Crippen LogP contribution in [-0.2, 0) is 4.74 Å². The summed E-state index contributed by atoms with van der Waals surface area (Å²) in [6.45, 7) is 4.79. The van der Waals surface area contributed by atoms with E-state index in [0.717, 1.165) is 6.61 Å². The van der Waals surface area contributed by atoms with Crippen molar-refractivity contribution in [1.29, 1.82) is 0 Å². The van der Waals surface area contributed by atoms with Crippen molar-refractivity contribution < 1.29 is 4.74 Å². The molecule has 0 aromatic heterocycles. The Bertz CT molecular complexity index is 143. The molecular weight excluding hydrogens is 124 g/mol. The average Bonchev–Trinajstić information content (AvgIpc) is 2.73. The van der Waals surface area contributed by atoms with Gasteiger partial charge < -0.3 is 4.74 Å². The van der Waals surface area contributed by atoms with Gasteiger partial charge in [0.25, 0.3) is 0 Å². The van der Waals surface area contributed by atoms with Crippen LogP contribution in [0.2, 0.25) is 0 Å². The largest absolute Gasteiger partial charge is 0.373 e. The molecule has 1 unspecified atom stereocenters. The van der Waals surface area contributed by atoms with Crippen LogP contribution in [0.15, 0.2) is 12.7 Å². The molecule has 1 heteroatoms. The second kappa shape index (κ2) is 2.09. The summed E-state index contributed by atoms with van der Waals surface area (Å²) in [6.07, 6.45) is 7.96. The molecule has 1 aliphatic heterocycles. The summed E-state index contributed by atoms with van der Waals surface area (Å²) in [7, 11) is 0. The maximum Gasteiger partial charge on any atom is 0.0815 e. The molecule has 0 amide bonds. The van der Waals surface area contributed by atoms with Crippen LogP contribution in [-0.4, -0.2) is 12.7 Å². The summed E-state index contributed by atoms with van der Waals surface area (Å²) >= 11 is 0. The Labute approximate surface area is 62.1 Å². The van der Waals surface area contributed by atoms with Crippen LogP contribution in [0.3, 0.4) is 0 Å². The van der Waals surface area contributed by atoms with E-state index in [1.807, 2.05) is 0 Å². The molecule has 1 saturated carbocycles. The zero-order valence-corrected chi connectivity index (χ0v) is 6.31. The van der Waals surface area contributed by atoms with Crippen LogP contribution < -0.4 is 0 Å². The predicted octanol–water partition coefficient (Wildman–Crippen LogP) is 2.13. The predicted molar refractivity (Wildman–Crippen MR) is 40.8 cm³/mol. The molecule has 10 heavy (non-hydrogen) atoms. The zero-order valence-electron chi connectivity index (χ0n) is 6.31. The van der Waals surface area contributed by atoms with Gasteiger partial charge in [0.15, 0.2) is 0 Å². The van der Waals surface area contributed by atoms with Crippen molar-refractivity contribution in [2.45, 2.75) is 31.8 Å². The number of allylic oxidation sites excluding steroid dienone is 1. The smallest absolute Gasteiger partial charge is 0.0815 e. The fourth-order valence-electron chi connectivity index (χ4n) is 1.64. The first-order chi connectivity index (χ1) is 4.85. The summed E-state index contributed by atoms with van der Waals surface area (Å²) in [5.41, 5.74) is 0.642. The summed E-state index contributed by atoms with van der Waals surface area (Å²) in [5, 5.41) is 0. The summed E-state index contributed by atoms with van der Waals surface area (Å²) < 4.78 is 5.20. The standard InChI is InChI=1S/C9H14O/c1-2-3-9(4-5-9)6-8-7-10-8/h2,8H,1,3-7H2. The Hall–Kier alpha value is -0.300. The third-order valence-electron chi connectivity index (χ3n) is 2.60. The summed E-state index contributed by atoms with van der Waals surface area (Å²) in [4.78, 5) is 0. The summed E-state index contributed by atoms with van der Waals surface area (Å²) in [5.74, 6) is 0. The maximum absolute atomic E-state index is 5.20. The van der Waals surface area contributed by atoms with Gasteiger partial charge in [0.05, 0.1) is 12.7 Å². The molecule has 2 rings (SSSR count). The maximum atomic E-state index is 5.20. The minimum atomic E-state index is 0.613. The van der Waals surface area contributed by atoms with E-state index in [1.54, 1.807) is 0 Å². The number of hydrogen-bond donors (Lipinski definition) is 0. The van der Waals surface area contributed by atoms with Crippen LogP contribution in [0, 0.1) is 5.41 Å². The Morgan fingerprint density at radius 1 is 1.60 bits per heavy atom. The van der Waals surface area contributed by atoms with Gasteiger partial charge in [-0.15, -0.1) is 6.58 Å². The van der Waals surface area contributed by atoms with E-state index in [2.05, 4.69) is 12.7 Å². The number of epoxide rings is 1. The molecule has 1 saturated heterocycles. The third kappa shape index (κ3) is 1.24. The van der Waals surface area contributed by atoms with Crippen LogP contribution in [0.1, 0.15) is 25.7 Å². The molecule has 56 valence electrons. The Kier molecular flexibility index (Phi) is 1.34. The van der Waals surface area contributed by atoms with Crippen molar-refractivity contribution in [2.24, 2.45) is 5.41 Å². The number of rotatable bonds is 4. The number of hydrogen-bond acceptors (Lipinski definition) is 1. The number of ether oxygens (including phenoxy) is 1. The molecule has 2 fully saturated rings. The van der Waals surface area contributed by atoms with Gasteiger partial charge >= 0.3 is 0 Å². The molecule has 0 spiro atoms. The van der Waals surface area contributed by atoms with Crippen molar-refractivity contribution in [2.75, 3.05) is 6.61 Å². The van der Waals surface area contributed by atoms with E-state index >= 15 is 0 Å². The van der Waals surface area contributed by atoms with Gasteiger partial charge in [-0.1, -0.05) is 6.08 Å². The normalized spacial score (nSPS) is 33.4. The molecule has 1 heterocycles. The first kappa shape index (κ1) is 6.41. The molecular formula is C9H14O. The van der Waals surface area contributed by atoms with E-state index in [9.17, 15) is 0 Å². The Morgan fingerprint density at radius 2 is 2.30 bits per heavy atom. The second-order valence-electron chi connectivity index (χ2n) is 3.65. The van der Waals surface area contributed by atoms with Crippen LogP contribution in [0.5, 0.6) is 0 Å². The van der Waals surface area contributed by atoms with E-state index in [1.165, 1.54) is 25.7 Å². The zero-order chi connectivity index (χ0) is 7.03. The molecule has 1 nitrogen and oxygen atoms in total. The highest BCUT2D eigenvalue weighted by Gasteiger charge is 2.45. The molecule has 2 aliphatic rings. The molecule has 1 atom stereocenters. The monoisotopic (exact) mass is 138 g/mol. The molecule has 0 bridgehead atoms. The minimum Gasteiger partial charge on any atom is -0.373 e. The fourth-order valence-corrected chi connectivity index (χ4v) is 1.64. The van der Waals surface area contributed by atoms with Gasteiger partial charge in [-0.2, -0.15) is 0 Å². The van der Waals surface area contributed by atoms with Crippen LogP contribution >= 0.6 is 0 Å². The lowest BCUT2D eigenvalue weighted by Crippen LogP contribution is -2.02. The summed E-state index contributed by atoms with van der Waals surface area (Å²) in [6, 6.07) is 0. The highest BCUT2D eigenvalue weighted by Crippen LogP contribution is 2.54. The SMILES string of the molecule is C=CCC1(CC2CO2)CC1.